The first kappa shape index (κ1) is 11.9. The second-order valence-corrected chi connectivity index (χ2v) is 5.33. The van der Waals surface area contributed by atoms with Crippen molar-refractivity contribution < 1.29 is 0 Å². The Labute approximate surface area is 102 Å². The summed E-state index contributed by atoms with van der Waals surface area (Å²) in [6.07, 6.45) is 8.02. The number of nitrogens with one attached hydrogen (secondary N) is 1. The van der Waals surface area contributed by atoms with E-state index in [1.165, 1.54) is 31.5 Å². The molecule has 0 bridgehead atoms. The lowest BCUT2D eigenvalue weighted by molar-refractivity contribution is 0.457. The first-order chi connectivity index (χ1) is 7.92. The predicted octanol–water partition coefficient (Wildman–Crippen LogP) is 2.88. The molecule has 1 aliphatic rings. The minimum absolute atomic E-state index is 0.570. The van der Waals surface area contributed by atoms with Crippen LogP contribution in [0.2, 0.25) is 0 Å². The first-order valence-electron chi connectivity index (χ1n) is 6.06. The van der Waals surface area contributed by atoms with E-state index in [9.17, 15) is 0 Å². The topological polar surface area (TPSA) is 24.9 Å². The van der Waals surface area contributed by atoms with Crippen molar-refractivity contribution in [3.05, 3.63) is 30.1 Å². The van der Waals surface area contributed by atoms with Gasteiger partial charge in [0.15, 0.2) is 0 Å². The maximum atomic E-state index is 4.51. The van der Waals surface area contributed by atoms with Crippen LogP contribution >= 0.6 is 11.8 Å². The number of hydrogen-bond donors (Lipinski definition) is 1. The van der Waals surface area contributed by atoms with Crippen LogP contribution in [-0.2, 0) is 0 Å². The largest absolute Gasteiger partial charge is 0.317 e. The zero-order valence-electron chi connectivity index (χ0n) is 9.86. The van der Waals surface area contributed by atoms with E-state index in [4.69, 9.17) is 0 Å². The van der Waals surface area contributed by atoms with Crippen LogP contribution < -0.4 is 5.32 Å². The van der Waals surface area contributed by atoms with Gasteiger partial charge in [0.05, 0.1) is 5.69 Å². The van der Waals surface area contributed by atoms with Crippen molar-refractivity contribution in [2.24, 2.45) is 5.92 Å². The zero-order chi connectivity index (χ0) is 11.2. The molecule has 1 aliphatic heterocycles. The Hall–Kier alpha value is -0.540. The SMILES string of the molecule is CSC(c1ccccn1)C1CCCNCC1. The van der Waals surface area contributed by atoms with Crippen LogP contribution in [0, 0.1) is 5.92 Å². The lowest BCUT2D eigenvalue weighted by atomic mass is 9.94. The molecule has 16 heavy (non-hydrogen) atoms. The van der Waals surface area contributed by atoms with E-state index in [-0.39, 0.29) is 0 Å². The molecule has 1 fully saturated rings. The van der Waals surface area contributed by atoms with Crippen molar-refractivity contribution in [1.29, 1.82) is 0 Å². The standard InChI is InChI=1S/C13H20N2S/c1-16-13(12-6-2-3-9-15-12)11-5-4-8-14-10-7-11/h2-3,6,9,11,13-14H,4-5,7-8,10H2,1H3. The normalized spacial score (nSPS) is 23.7. The van der Waals surface area contributed by atoms with Gasteiger partial charge in [-0.1, -0.05) is 6.07 Å². The van der Waals surface area contributed by atoms with Gasteiger partial charge in [0.25, 0.3) is 0 Å². The summed E-state index contributed by atoms with van der Waals surface area (Å²) in [4.78, 5) is 4.51. The molecular weight excluding hydrogens is 216 g/mol. The minimum Gasteiger partial charge on any atom is -0.317 e. The highest BCUT2D eigenvalue weighted by atomic mass is 32.2. The number of thioether (sulfide) groups is 1. The number of hydrogen-bond acceptors (Lipinski definition) is 3. The molecule has 2 nitrogen and oxygen atoms in total. The second kappa shape index (κ2) is 6.26. The van der Waals surface area contributed by atoms with Gasteiger partial charge in [-0.15, -0.1) is 0 Å². The van der Waals surface area contributed by atoms with Crippen LogP contribution in [-0.4, -0.2) is 24.3 Å². The maximum Gasteiger partial charge on any atom is 0.0536 e. The highest BCUT2D eigenvalue weighted by molar-refractivity contribution is 7.98. The van der Waals surface area contributed by atoms with Crippen molar-refractivity contribution in [1.82, 2.24) is 10.3 Å². The van der Waals surface area contributed by atoms with Crippen molar-refractivity contribution in [2.75, 3.05) is 19.3 Å². The van der Waals surface area contributed by atoms with Gasteiger partial charge in [-0.2, -0.15) is 11.8 Å². The van der Waals surface area contributed by atoms with E-state index in [0.717, 1.165) is 12.5 Å². The number of pyridine rings is 1. The van der Waals surface area contributed by atoms with Gasteiger partial charge in [-0.3, -0.25) is 4.98 Å². The summed E-state index contributed by atoms with van der Waals surface area (Å²) in [5.74, 6) is 0.778. The van der Waals surface area contributed by atoms with Crippen LogP contribution in [0.25, 0.3) is 0 Å². The van der Waals surface area contributed by atoms with Gasteiger partial charge in [-0.25, -0.2) is 0 Å². The summed E-state index contributed by atoms with van der Waals surface area (Å²) >= 11 is 1.95. The molecule has 3 heteroatoms. The van der Waals surface area contributed by atoms with Crippen molar-refractivity contribution in [2.45, 2.75) is 24.5 Å². The lowest BCUT2D eigenvalue weighted by Crippen LogP contribution is -2.16. The molecule has 2 atom stereocenters. The van der Waals surface area contributed by atoms with Gasteiger partial charge in [0.1, 0.15) is 0 Å². The Bertz CT molecular complexity index is 294. The number of nitrogens with zero attached hydrogens (tertiary/aromatic N) is 1. The van der Waals surface area contributed by atoms with Crippen LogP contribution in [0.5, 0.6) is 0 Å². The van der Waals surface area contributed by atoms with Crippen molar-refractivity contribution in [3.8, 4) is 0 Å². The van der Waals surface area contributed by atoms with Crippen molar-refractivity contribution in [3.63, 3.8) is 0 Å². The lowest BCUT2D eigenvalue weighted by Gasteiger charge is -2.23. The molecule has 2 rings (SSSR count). The minimum atomic E-state index is 0.570. The Morgan fingerprint density at radius 2 is 2.31 bits per heavy atom. The predicted molar refractivity (Wildman–Crippen MR) is 70.7 cm³/mol. The Morgan fingerprint density at radius 1 is 1.38 bits per heavy atom. The molecule has 0 aliphatic carbocycles. The average Bonchev–Trinajstić information content (AvgIpc) is 2.61. The molecule has 0 spiro atoms. The maximum absolute atomic E-state index is 4.51. The molecule has 1 aromatic rings. The average molecular weight is 236 g/mol. The Balaban J connectivity index is 2.09. The second-order valence-electron chi connectivity index (χ2n) is 4.35. The molecule has 88 valence electrons. The molecule has 0 radical (unpaired) electrons. The van der Waals surface area contributed by atoms with Crippen LogP contribution in [0.15, 0.2) is 24.4 Å². The highest BCUT2D eigenvalue weighted by Crippen LogP contribution is 2.37. The van der Waals surface area contributed by atoms with Gasteiger partial charge in [-0.05, 0) is 56.7 Å². The smallest absolute Gasteiger partial charge is 0.0536 e. The summed E-state index contributed by atoms with van der Waals surface area (Å²) in [5, 5.41) is 4.05. The fourth-order valence-electron chi connectivity index (χ4n) is 2.45. The van der Waals surface area contributed by atoms with Gasteiger partial charge >= 0.3 is 0 Å². The Kier molecular flexibility index (Phi) is 4.67. The molecule has 1 saturated heterocycles. The molecule has 0 aromatic carbocycles. The molecule has 1 N–H and O–H groups in total. The van der Waals surface area contributed by atoms with E-state index >= 15 is 0 Å². The van der Waals surface area contributed by atoms with E-state index in [0.29, 0.717) is 5.25 Å². The van der Waals surface area contributed by atoms with Gasteiger partial charge < -0.3 is 5.32 Å². The fourth-order valence-corrected chi connectivity index (χ4v) is 3.49. The van der Waals surface area contributed by atoms with E-state index in [2.05, 4.69) is 28.7 Å². The quantitative estimate of drug-likeness (QED) is 0.873. The summed E-state index contributed by atoms with van der Waals surface area (Å²) < 4.78 is 0. The number of rotatable bonds is 3. The fraction of sp³-hybridized carbons (Fsp3) is 0.615. The van der Waals surface area contributed by atoms with Crippen LogP contribution in [0.3, 0.4) is 0 Å². The van der Waals surface area contributed by atoms with Crippen LogP contribution in [0.1, 0.15) is 30.2 Å². The number of aromatic nitrogens is 1. The summed E-state index contributed by atoms with van der Waals surface area (Å²) in [5.41, 5.74) is 1.25. The molecule has 0 amide bonds. The van der Waals surface area contributed by atoms with E-state index in [1.807, 2.05) is 24.0 Å². The third-order valence-electron chi connectivity index (χ3n) is 3.28. The third kappa shape index (κ3) is 2.98. The molecule has 0 saturated carbocycles. The highest BCUT2D eigenvalue weighted by Gasteiger charge is 2.23. The molecular formula is C13H20N2S. The summed E-state index contributed by atoms with van der Waals surface area (Å²) in [6.45, 7) is 2.34. The monoisotopic (exact) mass is 236 g/mol. The van der Waals surface area contributed by atoms with Crippen molar-refractivity contribution >= 4 is 11.8 Å². The summed E-state index contributed by atoms with van der Waals surface area (Å²) in [6, 6.07) is 6.26. The van der Waals surface area contributed by atoms with E-state index < -0.39 is 0 Å². The third-order valence-corrected chi connectivity index (χ3v) is 4.42. The molecule has 2 unspecified atom stereocenters. The first-order valence-corrected chi connectivity index (χ1v) is 7.35. The Morgan fingerprint density at radius 3 is 3.06 bits per heavy atom. The van der Waals surface area contributed by atoms with Gasteiger partial charge in [0.2, 0.25) is 0 Å². The molecule has 2 heterocycles. The van der Waals surface area contributed by atoms with Gasteiger partial charge in [0, 0.05) is 11.4 Å². The van der Waals surface area contributed by atoms with E-state index in [1.54, 1.807) is 0 Å². The van der Waals surface area contributed by atoms with Crippen LogP contribution in [0.4, 0.5) is 0 Å². The molecule has 1 aromatic heterocycles. The zero-order valence-corrected chi connectivity index (χ0v) is 10.7. The summed E-state index contributed by atoms with van der Waals surface area (Å²) in [7, 11) is 0.